The second-order valence-corrected chi connectivity index (χ2v) is 5.48. The highest BCUT2D eigenvalue weighted by Gasteiger charge is 2.33. The topological polar surface area (TPSA) is 73.8 Å². The average Bonchev–Trinajstić information content (AvgIpc) is 2.68. The lowest BCUT2D eigenvalue weighted by Gasteiger charge is -2.36. The van der Waals surface area contributed by atoms with E-state index in [4.69, 9.17) is 4.74 Å². The number of amides is 1. The fraction of sp³-hybridized carbons (Fsp3) is 0.923. The van der Waals surface area contributed by atoms with E-state index in [9.17, 15) is 9.90 Å². The van der Waals surface area contributed by atoms with E-state index in [2.05, 4.69) is 15.5 Å². The smallest absolute Gasteiger partial charge is 0.234 e. The Morgan fingerprint density at radius 1 is 1.32 bits per heavy atom. The van der Waals surface area contributed by atoms with Crippen molar-refractivity contribution in [2.75, 3.05) is 52.5 Å². The van der Waals surface area contributed by atoms with E-state index in [0.29, 0.717) is 32.6 Å². The SMILES string of the molecule is O=C(CN1CCCNCC1)NC1(CO)CCOCC1. The number of aliphatic hydroxyl groups excluding tert-OH is 1. The summed E-state index contributed by atoms with van der Waals surface area (Å²) in [5.41, 5.74) is -0.473. The molecule has 2 saturated heterocycles. The Balaban J connectivity index is 1.81. The number of rotatable bonds is 4. The molecule has 0 atom stereocenters. The van der Waals surface area contributed by atoms with E-state index in [-0.39, 0.29) is 12.5 Å². The lowest BCUT2D eigenvalue weighted by atomic mass is 9.91. The molecular formula is C13H25N3O3. The Kier molecular flexibility index (Phi) is 5.57. The van der Waals surface area contributed by atoms with Gasteiger partial charge in [-0.2, -0.15) is 0 Å². The summed E-state index contributed by atoms with van der Waals surface area (Å²) in [5.74, 6) is 0.0119. The van der Waals surface area contributed by atoms with Crippen molar-refractivity contribution in [3.63, 3.8) is 0 Å². The first-order valence-corrected chi connectivity index (χ1v) is 7.17. The summed E-state index contributed by atoms with van der Waals surface area (Å²) in [6, 6.07) is 0. The van der Waals surface area contributed by atoms with E-state index < -0.39 is 5.54 Å². The molecule has 0 aromatic heterocycles. The maximum Gasteiger partial charge on any atom is 0.234 e. The van der Waals surface area contributed by atoms with E-state index >= 15 is 0 Å². The van der Waals surface area contributed by atoms with Gasteiger partial charge in [-0.15, -0.1) is 0 Å². The van der Waals surface area contributed by atoms with Crippen LogP contribution in [0, 0.1) is 0 Å². The summed E-state index contributed by atoms with van der Waals surface area (Å²) in [7, 11) is 0. The Bertz CT molecular complexity index is 285. The average molecular weight is 271 g/mol. The van der Waals surface area contributed by atoms with Crippen molar-refractivity contribution >= 4 is 5.91 Å². The monoisotopic (exact) mass is 271 g/mol. The van der Waals surface area contributed by atoms with Crippen LogP contribution in [0.3, 0.4) is 0 Å². The maximum atomic E-state index is 12.1. The van der Waals surface area contributed by atoms with Crippen LogP contribution in [0.2, 0.25) is 0 Å². The molecule has 6 heteroatoms. The Hall–Kier alpha value is -0.690. The molecule has 0 saturated carbocycles. The van der Waals surface area contributed by atoms with Crippen molar-refractivity contribution in [3.8, 4) is 0 Å². The van der Waals surface area contributed by atoms with Gasteiger partial charge in [-0.05, 0) is 32.4 Å². The van der Waals surface area contributed by atoms with E-state index in [1.165, 1.54) is 0 Å². The summed E-state index contributed by atoms with van der Waals surface area (Å²) in [4.78, 5) is 14.3. The van der Waals surface area contributed by atoms with Gasteiger partial charge in [0.25, 0.3) is 0 Å². The molecule has 2 fully saturated rings. The lowest BCUT2D eigenvalue weighted by Crippen LogP contribution is -2.56. The molecule has 1 amide bonds. The predicted molar refractivity (Wildman–Crippen MR) is 71.9 cm³/mol. The second-order valence-electron chi connectivity index (χ2n) is 5.48. The van der Waals surface area contributed by atoms with Gasteiger partial charge in [0.05, 0.1) is 18.7 Å². The van der Waals surface area contributed by atoms with Gasteiger partial charge >= 0.3 is 0 Å². The molecule has 0 bridgehead atoms. The van der Waals surface area contributed by atoms with Crippen LogP contribution < -0.4 is 10.6 Å². The largest absolute Gasteiger partial charge is 0.394 e. The third-order valence-corrected chi connectivity index (χ3v) is 3.96. The number of hydrogen-bond acceptors (Lipinski definition) is 5. The van der Waals surface area contributed by atoms with Gasteiger partial charge in [-0.25, -0.2) is 0 Å². The third kappa shape index (κ3) is 4.42. The molecule has 0 aliphatic carbocycles. The highest BCUT2D eigenvalue weighted by molar-refractivity contribution is 5.79. The van der Waals surface area contributed by atoms with Crippen LogP contribution in [0.15, 0.2) is 0 Å². The number of carbonyl (C=O) groups is 1. The lowest BCUT2D eigenvalue weighted by molar-refractivity contribution is -0.126. The van der Waals surface area contributed by atoms with E-state index in [0.717, 1.165) is 32.6 Å². The molecule has 3 N–H and O–H groups in total. The van der Waals surface area contributed by atoms with Gasteiger partial charge in [0, 0.05) is 26.3 Å². The van der Waals surface area contributed by atoms with Crippen molar-refractivity contribution in [1.29, 1.82) is 0 Å². The number of ether oxygens (including phenoxy) is 1. The number of hydrogen-bond donors (Lipinski definition) is 3. The van der Waals surface area contributed by atoms with Crippen LogP contribution in [0.25, 0.3) is 0 Å². The molecule has 2 rings (SSSR count). The molecule has 2 aliphatic heterocycles. The van der Waals surface area contributed by atoms with Crippen LogP contribution in [-0.4, -0.2) is 74.0 Å². The molecule has 6 nitrogen and oxygen atoms in total. The minimum absolute atomic E-state index is 0.0103. The molecule has 0 aromatic carbocycles. The molecule has 2 heterocycles. The predicted octanol–water partition coefficient (Wildman–Crippen LogP) is -1.06. The molecule has 19 heavy (non-hydrogen) atoms. The summed E-state index contributed by atoms with van der Waals surface area (Å²) >= 11 is 0. The molecular weight excluding hydrogens is 246 g/mol. The maximum absolute atomic E-state index is 12.1. The molecule has 0 radical (unpaired) electrons. The fourth-order valence-electron chi connectivity index (χ4n) is 2.68. The van der Waals surface area contributed by atoms with Gasteiger partial charge in [-0.3, -0.25) is 9.69 Å². The molecule has 2 aliphatic rings. The first-order chi connectivity index (χ1) is 9.24. The zero-order chi connectivity index (χ0) is 13.6. The van der Waals surface area contributed by atoms with Crippen molar-refractivity contribution < 1.29 is 14.6 Å². The molecule has 0 unspecified atom stereocenters. The molecule has 0 aromatic rings. The number of carbonyl (C=O) groups excluding carboxylic acids is 1. The van der Waals surface area contributed by atoms with Crippen LogP contribution in [0.1, 0.15) is 19.3 Å². The van der Waals surface area contributed by atoms with Crippen molar-refractivity contribution in [3.05, 3.63) is 0 Å². The van der Waals surface area contributed by atoms with Crippen LogP contribution in [-0.2, 0) is 9.53 Å². The number of nitrogens with one attached hydrogen (secondary N) is 2. The van der Waals surface area contributed by atoms with Crippen LogP contribution in [0.5, 0.6) is 0 Å². The van der Waals surface area contributed by atoms with Crippen LogP contribution in [0.4, 0.5) is 0 Å². The molecule has 110 valence electrons. The van der Waals surface area contributed by atoms with Gasteiger partial charge in [0.2, 0.25) is 5.91 Å². The minimum atomic E-state index is -0.473. The van der Waals surface area contributed by atoms with Crippen molar-refractivity contribution in [2.45, 2.75) is 24.8 Å². The standard InChI is InChI=1S/C13H25N3O3/c17-11-13(2-8-19-9-3-13)15-12(18)10-16-6-1-4-14-5-7-16/h14,17H,1-11H2,(H,15,18). The van der Waals surface area contributed by atoms with E-state index in [1.54, 1.807) is 0 Å². The van der Waals surface area contributed by atoms with Gasteiger partial charge in [-0.1, -0.05) is 0 Å². The van der Waals surface area contributed by atoms with Gasteiger partial charge in [0.1, 0.15) is 0 Å². The minimum Gasteiger partial charge on any atom is -0.394 e. The zero-order valence-corrected chi connectivity index (χ0v) is 11.5. The normalized spacial score (nSPS) is 24.7. The second kappa shape index (κ2) is 7.19. The van der Waals surface area contributed by atoms with Crippen molar-refractivity contribution in [2.24, 2.45) is 0 Å². The number of aliphatic hydroxyl groups is 1. The summed E-state index contributed by atoms with van der Waals surface area (Å²) in [5, 5.41) is 15.9. The quantitative estimate of drug-likeness (QED) is 0.608. The molecule has 0 spiro atoms. The zero-order valence-electron chi connectivity index (χ0n) is 11.5. The summed E-state index contributed by atoms with van der Waals surface area (Å²) in [6.45, 7) is 5.44. The Morgan fingerprint density at radius 2 is 2.11 bits per heavy atom. The first-order valence-electron chi connectivity index (χ1n) is 7.17. The van der Waals surface area contributed by atoms with Gasteiger partial charge in [0.15, 0.2) is 0 Å². The van der Waals surface area contributed by atoms with Crippen molar-refractivity contribution in [1.82, 2.24) is 15.5 Å². The highest BCUT2D eigenvalue weighted by atomic mass is 16.5. The Labute approximate surface area is 114 Å². The number of nitrogens with zero attached hydrogens (tertiary/aromatic N) is 1. The highest BCUT2D eigenvalue weighted by Crippen LogP contribution is 2.19. The van der Waals surface area contributed by atoms with Crippen LogP contribution >= 0.6 is 0 Å². The Morgan fingerprint density at radius 3 is 2.84 bits per heavy atom. The van der Waals surface area contributed by atoms with Gasteiger partial charge < -0.3 is 20.5 Å². The summed E-state index contributed by atoms with van der Waals surface area (Å²) < 4.78 is 5.29. The fourth-order valence-corrected chi connectivity index (χ4v) is 2.68. The summed E-state index contributed by atoms with van der Waals surface area (Å²) in [6.07, 6.45) is 2.46. The third-order valence-electron chi connectivity index (χ3n) is 3.96. The van der Waals surface area contributed by atoms with E-state index in [1.807, 2.05) is 0 Å². The first kappa shape index (κ1) is 14.7.